The SMILES string of the molecule is O=C(O)c1cc(-c2cc([N+](=O)[O-])ccc2O)n[nH]1. The molecule has 0 saturated heterocycles. The van der Waals surface area contributed by atoms with Crippen molar-refractivity contribution in [3.05, 3.63) is 40.1 Å². The maximum Gasteiger partial charge on any atom is 0.353 e. The van der Waals surface area contributed by atoms with E-state index < -0.39 is 10.9 Å². The summed E-state index contributed by atoms with van der Waals surface area (Å²) in [6.07, 6.45) is 0. The summed E-state index contributed by atoms with van der Waals surface area (Å²) < 4.78 is 0. The number of benzene rings is 1. The molecule has 0 amide bonds. The predicted octanol–water partition coefficient (Wildman–Crippen LogP) is 1.39. The molecule has 18 heavy (non-hydrogen) atoms. The Morgan fingerprint density at radius 3 is 2.67 bits per heavy atom. The molecule has 0 bridgehead atoms. The van der Waals surface area contributed by atoms with Gasteiger partial charge in [0.25, 0.3) is 5.69 Å². The number of nitro benzene ring substituents is 1. The standard InChI is InChI=1S/C10H7N3O5/c14-9-2-1-5(13(17)18)3-6(9)7-4-8(10(15)16)12-11-7/h1-4,14H,(H,11,12)(H,15,16). The molecule has 0 spiro atoms. The Labute approximate surface area is 99.7 Å². The van der Waals surface area contributed by atoms with E-state index in [4.69, 9.17) is 5.11 Å². The van der Waals surface area contributed by atoms with Crippen LogP contribution in [0.4, 0.5) is 5.69 Å². The molecule has 0 atom stereocenters. The van der Waals surface area contributed by atoms with E-state index in [0.29, 0.717) is 0 Å². The van der Waals surface area contributed by atoms with Crippen LogP contribution in [0.1, 0.15) is 10.5 Å². The van der Waals surface area contributed by atoms with Gasteiger partial charge in [0.15, 0.2) is 0 Å². The van der Waals surface area contributed by atoms with E-state index in [0.717, 1.165) is 18.2 Å². The summed E-state index contributed by atoms with van der Waals surface area (Å²) in [7, 11) is 0. The van der Waals surface area contributed by atoms with E-state index in [1.807, 2.05) is 0 Å². The zero-order chi connectivity index (χ0) is 13.3. The van der Waals surface area contributed by atoms with Gasteiger partial charge in [0.2, 0.25) is 0 Å². The van der Waals surface area contributed by atoms with Crippen LogP contribution in [0.3, 0.4) is 0 Å². The fraction of sp³-hybridized carbons (Fsp3) is 0. The molecule has 0 aliphatic carbocycles. The van der Waals surface area contributed by atoms with Crippen LogP contribution >= 0.6 is 0 Å². The molecule has 1 heterocycles. The summed E-state index contributed by atoms with van der Waals surface area (Å²) >= 11 is 0. The van der Waals surface area contributed by atoms with E-state index in [2.05, 4.69) is 10.2 Å². The summed E-state index contributed by atoms with van der Waals surface area (Å²) in [4.78, 5) is 20.7. The molecular weight excluding hydrogens is 242 g/mol. The molecule has 0 saturated carbocycles. The van der Waals surface area contributed by atoms with Crippen LogP contribution in [0.5, 0.6) is 5.75 Å². The Hall–Kier alpha value is -2.90. The van der Waals surface area contributed by atoms with Crippen molar-refractivity contribution in [2.45, 2.75) is 0 Å². The lowest BCUT2D eigenvalue weighted by molar-refractivity contribution is -0.384. The second-order valence-electron chi connectivity index (χ2n) is 3.43. The third kappa shape index (κ3) is 1.98. The van der Waals surface area contributed by atoms with Crippen LogP contribution in [-0.4, -0.2) is 31.3 Å². The minimum Gasteiger partial charge on any atom is -0.507 e. The van der Waals surface area contributed by atoms with Crippen LogP contribution in [0.25, 0.3) is 11.3 Å². The molecule has 0 aliphatic heterocycles. The van der Waals surface area contributed by atoms with Crippen molar-refractivity contribution >= 4 is 11.7 Å². The number of nitro groups is 1. The number of nitrogens with zero attached hydrogens (tertiary/aromatic N) is 2. The summed E-state index contributed by atoms with van der Waals surface area (Å²) in [5.74, 6) is -1.43. The van der Waals surface area contributed by atoms with Gasteiger partial charge >= 0.3 is 5.97 Å². The summed E-state index contributed by atoms with van der Waals surface area (Å²) in [5.41, 5.74) is -0.180. The molecule has 1 aromatic heterocycles. The number of H-pyrrole nitrogens is 1. The molecule has 8 nitrogen and oxygen atoms in total. The topological polar surface area (TPSA) is 129 Å². The fourth-order valence-corrected chi connectivity index (χ4v) is 1.41. The second kappa shape index (κ2) is 4.17. The number of carbonyl (C=O) groups is 1. The van der Waals surface area contributed by atoms with Gasteiger partial charge in [-0.15, -0.1) is 0 Å². The number of phenolic OH excluding ortho intramolecular Hbond substituents is 1. The Bertz CT molecular complexity index is 634. The molecule has 3 N–H and O–H groups in total. The monoisotopic (exact) mass is 249 g/mol. The number of hydrogen-bond acceptors (Lipinski definition) is 5. The van der Waals surface area contributed by atoms with E-state index >= 15 is 0 Å². The van der Waals surface area contributed by atoms with E-state index in [1.54, 1.807) is 0 Å². The number of phenols is 1. The molecule has 2 aromatic rings. The number of hydrogen-bond donors (Lipinski definition) is 3. The van der Waals surface area contributed by atoms with Crippen molar-refractivity contribution in [1.82, 2.24) is 10.2 Å². The minimum atomic E-state index is -1.21. The second-order valence-corrected chi connectivity index (χ2v) is 3.43. The third-order valence-electron chi connectivity index (χ3n) is 2.28. The summed E-state index contributed by atoms with van der Waals surface area (Å²) in [6, 6.07) is 4.60. The molecule has 0 fully saturated rings. The number of aromatic nitrogens is 2. The zero-order valence-corrected chi connectivity index (χ0v) is 8.82. The quantitative estimate of drug-likeness (QED) is 0.556. The van der Waals surface area contributed by atoms with Crippen molar-refractivity contribution in [3.8, 4) is 17.0 Å². The molecule has 0 radical (unpaired) electrons. The largest absolute Gasteiger partial charge is 0.507 e. The number of aromatic hydroxyl groups is 1. The lowest BCUT2D eigenvalue weighted by Gasteiger charge is -2.00. The maximum absolute atomic E-state index is 10.7. The highest BCUT2D eigenvalue weighted by molar-refractivity contribution is 5.87. The highest BCUT2D eigenvalue weighted by Gasteiger charge is 2.16. The Morgan fingerprint density at radius 2 is 2.11 bits per heavy atom. The van der Waals surface area contributed by atoms with Gasteiger partial charge in [0.05, 0.1) is 16.2 Å². The molecule has 0 aliphatic rings. The first-order chi connectivity index (χ1) is 8.49. The number of non-ortho nitro benzene ring substituents is 1. The predicted molar refractivity (Wildman–Crippen MR) is 59.3 cm³/mol. The summed E-state index contributed by atoms with van der Waals surface area (Å²) in [5, 5.41) is 34.8. The fourth-order valence-electron chi connectivity index (χ4n) is 1.41. The molecule has 92 valence electrons. The normalized spacial score (nSPS) is 10.2. The number of carboxylic acid groups (broad SMARTS) is 1. The Kier molecular flexibility index (Phi) is 2.68. The van der Waals surface area contributed by atoms with Gasteiger partial charge in [-0.05, 0) is 12.1 Å². The smallest absolute Gasteiger partial charge is 0.353 e. The van der Waals surface area contributed by atoms with E-state index in [1.165, 1.54) is 6.07 Å². The van der Waals surface area contributed by atoms with Gasteiger partial charge in [-0.3, -0.25) is 15.2 Å². The van der Waals surface area contributed by atoms with Crippen molar-refractivity contribution in [3.63, 3.8) is 0 Å². The highest BCUT2D eigenvalue weighted by Crippen LogP contribution is 2.31. The average molecular weight is 249 g/mol. The zero-order valence-electron chi connectivity index (χ0n) is 8.82. The van der Waals surface area contributed by atoms with Gasteiger partial charge in [-0.25, -0.2) is 4.79 Å². The van der Waals surface area contributed by atoms with Crippen molar-refractivity contribution in [2.75, 3.05) is 0 Å². The summed E-state index contributed by atoms with van der Waals surface area (Å²) in [6.45, 7) is 0. The van der Waals surface area contributed by atoms with Gasteiger partial charge in [0.1, 0.15) is 11.4 Å². The molecule has 8 heteroatoms. The first-order valence-electron chi connectivity index (χ1n) is 4.75. The lowest BCUT2D eigenvalue weighted by Crippen LogP contribution is -1.95. The lowest BCUT2D eigenvalue weighted by atomic mass is 10.1. The van der Waals surface area contributed by atoms with Crippen LogP contribution < -0.4 is 0 Å². The van der Waals surface area contributed by atoms with E-state index in [9.17, 15) is 20.0 Å². The maximum atomic E-state index is 10.7. The minimum absolute atomic E-state index is 0.0907. The third-order valence-corrected chi connectivity index (χ3v) is 2.28. The first kappa shape index (κ1) is 11.6. The van der Waals surface area contributed by atoms with Gasteiger partial charge in [-0.1, -0.05) is 0 Å². The van der Waals surface area contributed by atoms with Crippen LogP contribution in [0.2, 0.25) is 0 Å². The Balaban J connectivity index is 2.51. The van der Waals surface area contributed by atoms with Crippen LogP contribution in [0.15, 0.2) is 24.3 Å². The first-order valence-corrected chi connectivity index (χ1v) is 4.75. The number of aromatic amines is 1. The van der Waals surface area contributed by atoms with E-state index in [-0.39, 0.29) is 28.4 Å². The van der Waals surface area contributed by atoms with Crippen molar-refractivity contribution in [1.29, 1.82) is 0 Å². The molecule has 2 rings (SSSR count). The highest BCUT2D eigenvalue weighted by atomic mass is 16.6. The van der Waals surface area contributed by atoms with Gasteiger partial charge in [0, 0.05) is 12.1 Å². The van der Waals surface area contributed by atoms with Gasteiger partial charge in [-0.2, -0.15) is 5.10 Å². The Morgan fingerprint density at radius 1 is 1.39 bits per heavy atom. The number of rotatable bonds is 3. The van der Waals surface area contributed by atoms with Crippen LogP contribution in [0, 0.1) is 10.1 Å². The number of carboxylic acids is 1. The number of aromatic carboxylic acids is 1. The van der Waals surface area contributed by atoms with Gasteiger partial charge < -0.3 is 10.2 Å². The number of nitrogens with one attached hydrogen (secondary N) is 1. The average Bonchev–Trinajstić information content (AvgIpc) is 2.78. The molecular formula is C10H7N3O5. The van der Waals surface area contributed by atoms with Crippen molar-refractivity contribution in [2.24, 2.45) is 0 Å². The van der Waals surface area contributed by atoms with Crippen molar-refractivity contribution < 1.29 is 19.9 Å². The molecule has 0 unspecified atom stereocenters. The molecule has 1 aromatic carbocycles. The van der Waals surface area contributed by atoms with Crippen LogP contribution in [-0.2, 0) is 0 Å².